The first-order valence-electron chi connectivity index (χ1n) is 6.47. The van der Waals surface area contributed by atoms with Gasteiger partial charge in [-0.2, -0.15) is 0 Å². The molecular weight excluding hydrogens is 273 g/mol. The van der Waals surface area contributed by atoms with Crippen molar-refractivity contribution in [2.45, 2.75) is 19.9 Å². The summed E-state index contributed by atoms with van der Waals surface area (Å²) in [6, 6.07) is 7.07. The fourth-order valence-corrected chi connectivity index (χ4v) is 1.87. The smallest absolute Gasteiger partial charge is 0.250 e. The van der Waals surface area contributed by atoms with Gasteiger partial charge in [0.25, 0.3) is 5.56 Å². The first-order chi connectivity index (χ1) is 9.95. The van der Waals surface area contributed by atoms with Gasteiger partial charge in [0.05, 0.1) is 11.4 Å². The predicted molar refractivity (Wildman–Crippen MR) is 79.5 cm³/mol. The van der Waals surface area contributed by atoms with Crippen molar-refractivity contribution in [2.24, 2.45) is 0 Å². The lowest BCUT2D eigenvalue weighted by atomic mass is 10.2. The van der Waals surface area contributed by atoms with E-state index in [4.69, 9.17) is 5.73 Å². The van der Waals surface area contributed by atoms with Crippen LogP contribution in [0.25, 0.3) is 0 Å². The summed E-state index contributed by atoms with van der Waals surface area (Å²) in [4.78, 5) is 23.5. The number of nitrogens with zero attached hydrogens (tertiary/aromatic N) is 1. The summed E-state index contributed by atoms with van der Waals surface area (Å²) in [7, 11) is 0. The standard InChI is InChI=1S/C15H16FN3O2/c1-10-4-6-19(15(21)8-10)7-5-14(20)18-13-3-2-11(16)9-12(13)17/h2-4,6,8-9H,5,7,17H2,1H3,(H,18,20). The van der Waals surface area contributed by atoms with Crippen molar-refractivity contribution in [2.75, 3.05) is 11.1 Å². The molecule has 0 saturated heterocycles. The number of hydrogen-bond acceptors (Lipinski definition) is 3. The Morgan fingerprint density at radius 2 is 2.10 bits per heavy atom. The van der Waals surface area contributed by atoms with E-state index in [0.717, 1.165) is 11.6 Å². The van der Waals surface area contributed by atoms with Gasteiger partial charge in [0.1, 0.15) is 5.82 Å². The Morgan fingerprint density at radius 1 is 1.33 bits per heavy atom. The molecule has 5 nitrogen and oxygen atoms in total. The Hall–Kier alpha value is -2.63. The maximum atomic E-state index is 12.9. The minimum absolute atomic E-state index is 0.125. The number of nitrogens with two attached hydrogens (primary N) is 1. The topological polar surface area (TPSA) is 77.1 Å². The van der Waals surface area contributed by atoms with Gasteiger partial charge in [-0.15, -0.1) is 0 Å². The molecule has 0 aliphatic rings. The Balaban J connectivity index is 1.97. The summed E-state index contributed by atoms with van der Waals surface area (Å²) in [6.07, 6.45) is 1.77. The molecule has 3 N–H and O–H groups in total. The molecule has 0 aliphatic carbocycles. The fraction of sp³-hybridized carbons (Fsp3) is 0.200. The molecule has 1 amide bonds. The van der Waals surface area contributed by atoms with Crippen LogP contribution in [-0.2, 0) is 11.3 Å². The van der Waals surface area contributed by atoms with Crippen LogP contribution in [0.5, 0.6) is 0 Å². The number of aromatic nitrogens is 1. The van der Waals surface area contributed by atoms with Gasteiger partial charge in [-0.3, -0.25) is 9.59 Å². The number of nitrogen functional groups attached to an aromatic ring is 1. The van der Waals surface area contributed by atoms with Gasteiger partial charge in [-0.1, -0.05) is 0 Å². The second kappa shape index (κ2) is 6.21. The zero-order chi connectivity index (χ0) is 15.4. The molecule has 0 fully saturated rings. The third-order valence-electron chi connectivity index (χ3n) is 3.02. The van der Waals surface area contributed by atoms with Gasteiger partial charge in [0, 0.05) is 25.2 Å². The molecule has 1 heterocycles. The lowest BCUT2D eigenvalue weighted by Crippen LogP contribution is -2.22. The van der Waals surface area contributed by atoms with E-state index in [-0.39, 0.29) is 30.1 Å². The van der Waals surface area contributed by atoms with Gasteiger partial charge in [-0.25, -0.2) is 4.39 Å². The third kappa shape index (κ3) is 3.92. The monoisotopic (exact) mass is 289 g/mol. The van der Waals surface area contributed by atoms with Crippen LogP contribution < -0.4 is 16.6 Å². The number of benzene rings is 1. The van der Waals surface area contributed by atoms with Crippen LogP contribution in [0.15, 0.2) is 41.3 Å². The van der Waals surface area contributed by atoms with Crippen molar-refractivity contribution in [3.8, 4) is 0 Å². The number of aryl methyl sites for hydroxylation is 2. The highest BCUT2D eigenvalue weighted by Gasteiger charge is 2.07. The summed E-state index contributed by atoms with van der Waals surface area (Å²) in [6.45, 7) is 2.10. The number of hydrogen-bond donors (Lipinski definition) is 2. The van der Waals surface area contributed by atoms with E-state index in [0.29, 0.717) is 5.69 Å². The van der Waals surface area contributed by atoms with Crippen LogP contribution in [-0.4, -0.2) is 10.5 Å². The summed E-state index contributed by atoms with van der Waals surface area (Å²) in [5, 5.41) is 2.59. The van der Waals surface area contributed by atoms with Gasteiger partial charge in [0.2, 0.25) is 5.91 Å². The van der Waals surface area contributed by atoms with Crippen molar-refractivity contribution in [3.05, 3.63) is 58.3 Å². The zero-order valence-electron chi connectivity index (χ0n) is 11.6. The number of amides is 1. The van der Waals surface area contributed by atoms with Crippen molar-refractivity contribution in [1.29, 1.82) is 0 Å². The zero-order valence-corrected chi connectivity index (χ0v) is 11.6. The van der Waals surface area contributed by atoms with Crippen molar-refractivity contribution in [3.63, 3.8) is 0 Å². The normalized spacial score (nSPS) is 10.4. The van der Waals surface area contributed by atoms with E-state index in [1.54, 1.807) is 12.3 Å². The molecular formula is C15H16FN3O2. The molecule has 110 valence electrons. The van der Waals surface area contributed by atoms with Gasteiger partial charge in [-0.05, 0) is 36.8 Å². The van der Waals surface area contributed by atoms with Crippen LogP contribution in [0.1, 0.15) is 12.0 Å². The number of carbonyl (C=O) groups excluding carboxylic acids is 1. The minimum Gasteiger partial charge on any atom is -0.397 e. The molecule has 0 spiro atoms. The molecule has 2 aromatic rings. The quantitative estimate of drug-likeness (QED) is 0.844. The van der Waals surface area contributed by atoms with E-state index in [1.165, 1.54) is 22.8 Å². The molecule has 1 aromatic carbocycles. The first-order valence-corrected chi connectivity index (χ1v) is 6.47. The Kier molecular flexibility index (Phi) is 4.37. The van der Waals surface area contributed by atoms with Crippen molar-refractivity contribution >= 4 is 17.3 Å². The molecule has 0 bridgehead atoms. The predicted octanol–water partition coefficient (Wildman–Crippen LogP) is 1.91. The molecule has 1 aromatic heterocycles. The number of rotatable bonds is 4. The van der Waals surface area contributed by atoms with Crippen molar-refractivity contribution in [1.82, 2.24) is 4.57 Å². The maximum Gasteiger partial charge on any atom is 0.250 e. The van der Waals surface area contributed by atoms with E-state index < -0.39 is 5.82 Å². The van der Waals surface area contributed by atoms with E-state index in [9.17, 15) is 14.0 Å². The van der Waals surface area contributed by atoms with Gasteiger partial charge < -0.3 is 15.6 Å². The van der Waals surface area contributed by atoms with Crippen LogP contribution in [0.2, 0.25) is 0 Å². The van der Waals surface area contributed by atoms with E-state index >= 15 is 0 Å². The minimum atomic E-state index is -0.461. The molecule has 2 rings (SSSR count). The summed E-state index contributed by atoms with van der Waals surface area (Å²) in [5.74, 6) is -0.752. The molecule has 0 unspecified atom stereocenters. The van der Waals surface area contributed by atoms with Crippen LogP contribution in [0.4, 0.5) is 15.8 Å². The largest absolute Gasteiger partial charge is 0.397 e. The first kappa shape index (κ1) is 14.8. The van der Waals surface area contributed by atoms with Crippen LogP contribution in [0, 0.1) is 12.7 Å². The lowest BCUT2D eigenvalue weighted by Gasteiger charge is -2.09. The number of halogens is 1. The molecule has 6 heteroatoms. The Labute approximate surface area is 121 Å². The van der Waals surface area contributed by atoms with Crippen LogP contribution >= 0.6 is 0 Å². The number of anilines is 2. The fourth-order valence-electron chi connectivity index (χ4n) is 1.87. The average Bonchev–Trinajstić information content (AvgIpc) is 2.41. The number of carbonyl (C=O) groups is 1. The molecule has 0 aliphatic heterocycles. The second-order valence-corrected chi connectivity index (χ2v) is 4.77. The Morgan fingerprint density at radius 3 is 2.76 bits per heavy atom. The Bertz CT molecular complexity index is 725. The number of pyridine rings is 1. The summed E-state index contributed by atoms with van der Waals surface area (Å²) >= 11 is 0. The molecule has 21 heavy (non-hydrogen) atoms. The highest BCUT2D eigenvalue weighted by molar-refractivity contribution is 5.93. The molecule has 0 radical (unpaired) electrons. The van der Waals surface area contributed by atoms with Gasteiger partial charge in [0.15, 0.2) is 0 Å². The number of nitrogens with one attached hydrogen (secondary N) is 1. The van der Waals surface area contributed by atoms with Crippen molar-refractivity contribution < 1.29 is 9.18 Å². The van der Waals surface area contributed by atoms with E-state index in [2.05, 4.69) is 5.32 Å². The molecule has 0 saturated carbocycles. The van der Waals surface area contributed by atoms with Gasteiger partial charge >= 0.3 is 0 Å². The van der Waals surface area contributed by atoms with E-state index in [1.807, 2.05) is 6.92 Å². The molecule has 0 atom stereocenters. The maximum absolute atomic E-state index is 12.9. The lowest BCUT2D eigenvalue weighted by molar-refractivity contribution is -0.116. The SMILES string of the molecule is Cc1ccn(CCC(=O)Nc2ccc(F)cc2N)c(=O)c1. The van der Waals surface area contributed by atoms with Crippen LogP contribution in [0.3, 0.4) is 0 Å². The summed E-state index contributed by atoms with van der Waals surface area (Å²) in [5.41, 5.74) is 6.86. The highest BCUT2D eigenvalue weighted by Crippen LogP contribution is 2.19. The third-order valence-corrected chi connectivity index (χ3v) is 3.02. The highest BCUT2D eigenvalue weighted by atomic mass is 19.1. The second-order valence-electron chi connectivity index (χ2n) is 4.77. The summed E-state index contributed by atoms with van der Waals surface area (Å²) < 4.78 is 14.4. The average molecular weight is 289 g/mol.